The summed E-state index contributed by atoms with van der Waals surface area (Å²) < 4.78 is 15.3. The van der Waals surface area contributed by atoms with E-state index in [1.165, 1.54) is 38.8 Å². The maximum absolute atomic E-state index is 14.1. The Labute approximate surface area is 201 Å². The monoisotopic (exact) mass is 476 g/mol. The second-order valence-electron chi connectivity index (χ2n) is 8.24. The van der Waals surface area contributed by atoms with Gasteiger partial charge in [0, 0.05) is 32.7 Å². The van der Waals surface area contributed by atoms with Crippen LogP contribution in [-0.2, 0) is 11.3 Å². The third-order valence-electron chi connectivity index (χ3n) is 6.10. The molecule has 1 aromatic heterocycles. The molecule has 34 heavy (non-hydrogen) atoms. The molecule has 1 saturated heterocycles. The molecular weight excluding hydrogens is 451 g/mol. The van der Waals surface area contributed by atoms with E-state index in [2.05, 4.69) is 57.6 Å². The summed E-state index contributed by atoms with van der Waals surface area (Å²) >= 11 is 1.21. The number of hydrogen-bond donors (Lipinski definition) is 1. The third-order valence-corrected chi connectivity index (χ3v) is 7.03. The number of aromatic nitrogens is 3. The molecule has 4 aromatic rings. The number of fused-ring (bicyclic) bond motifs is 1. The van der Waals surface area contributed by atoms with Gasteiger partial charge in [0.2, 0.25) is 11.1 Å². The summed E-state index contributed by atoms with van der Waals surface area (Å²) in [6.07, 6.45) is 0. The molecule has 9 heteroatoms. The molecular formula is C25H25FN6OS. The van der Waals surface area contributed by atoms with Crippen molar-refractivity contribution >= 4 is 28.4 Å². The van der Waals surface area contributed by atoms with Crippen LogP contribution in [0.4, 0.5) is 4.39 Å². The first-order valence-electron chi connectivity index (χ1n) is 11.1. The topological polar surface area (TPSA) is 80.3 Å². The second kappa shape index (κ2) is 9.82. The molecule has 0 unspecified atom stereocenters. The summed E-state index contributed by atoms with van der Waals surface area (Å²) in [6, 6.07) is 21.1. The average molecular weight is 477 g/mol. The molecule has 2 N–H and O–H groups in total. The highest BCUT2D eigenvalue weighted by Gasteiger charge is 2.23. The lowest BCUT2D eigenvalue weighted by Crippen LogP contribution is -2.48. The van der Waals surface area contributed by atoms with E-state index in [4.69, 9.17) is 5.84 Å². The van der Waals surface area contributed by atoms with E-state index >= 15 is 0 Å². The van der Waals surface area contributed by atoms with Crippen molar-refractivity contribution in [3.8, 4) is 11.4 Å². The van der Waals surface area contributed by atoms with Crippen molar-refractivity contribution in [3.63, 3.8) is 0 Å². The molecule has 0 aliphatic carbocycles. The number of piperazine rings is 1. The summed E-state index contributed by atoms with van der Waals surface area (Å²) in [6.45, 7) is 3.88. The van der Waals surface area contributed by atoms with Gasteiger partial charge in [0.05, 0.1) is 11.3 Å². The van der Waals surface area contributed by atoms with Gasteiger partial charge in [-0.15, -0.1) is 10.2 Å². The zero-order chi connectivity index (χ0) is 23.5. The Morgan fingerprint density at radius 2 is 1.68 bits per heavy atom. The van der Waals surface area contributed by atoms with E-state index in [0.717, 1.165) is 19.6 Å². The van der Waals surface area contributed by atoms with E-state index < -0.39 is 5.82 Å². The van der Waals surface area contributed by atoms with Crippen LogP contribution in [0.3, 0.4) is 0 Å². The van der Waals surface area contributed by atoms with Crippen molar-refractivity contribution in [2.45, 2.75) is 11.7 Å². The number of nitrogens with zero attached hydrogens (tertiary/aromatic N) is 5. The lowest BCUT2D eigenvalue weighted by Gasteiger charge is -2.35. The molecule has 0 atom stereocenters. The molecule has 0 bridgehead atoms. The van der Waals surface area contributed by atoms with Gasteiger partial charge in [-0.1, -0.05) is 66.4 Å². The molecule has 7 nitrogen and oxygen atoms in total. The SMILES string of the molecule is Nn1c(SCC(=O)N2CCN(Cc3cccc4ccccc34)CC2)nnc1-c1ccccc1F. The standard InChI is InChI=1S/C25H25FN6OS/c26-22-11-4-3-10-21(22)24-28-29-25(32(24)27)34-17-23(33)31-14-12-30(13-15-31)16-19-8-5-7-18-6-1-2-9-20(18)19/h1-11H,12-17,27H2. The van der Waals surface area contributed by atoms with E-state index in [0.29, 0.717) is 18.2 Å². The lowest BCUT2D eigenvalue weighted by atomic mass is 10.0. The number of carbonyl (C=O) groups is 1. The molecule has 1 fully saturated rings. The fourth-order valence-corrected chi connectivity index (χ4v) is 5.01. The van der Waals surface area contributed by atoms with Crippen LogP contribution in [0.5, 0.6) is 0 Å². The first kappa shape index (κ1) is 22.4. The number of rotatable bonds is 6. The molecule has 0 radical (unpaired) electrons. The molecule has 1 aliphatic heterocycles. The predicted octanol–water partition coefficient (Wildman–Crippen LogP) is 3.39. The van der Waals surface area contributed by atoms with Crippen molar-refractivity contribution < 1.29 is 9.18 Å². The van der Waals surface area contributed by atoms with Crippen LogP contribution in [0, 0.1) is 5.82 Å². The van der Waals surface area contributed by atoms with Crippen LogP contribution < -0.4 is 5.84 Å². The van der Waals surface area contributed by atoms with Gasteiger partial charge in [0.1, 0.15) is 5.82 Å². The minimum absolute atomic E-state index is 0.0326. The Hall–Kier alpha value is -3.43. The fraction of sp³-hybridized carbons (Fsp3) is 0.240. The minimum Gasteiger partial charge on any atom is -0.339 e. The number of hydrogen-bond acceptors (Lipinski definition) is 6. The quantitative estimate of drug-likeness (QED) is 0.340. The number of nitrogen functional groups attached to an aromatic ring is 1. The normalized spacial score (nSPS) is 14.6. The van der Waals surface area contributed by atoms with Crippen LogP contribution >= 0.6 is 11.8 Å². The van der Waals surface area contributed by atoms with E-state index in [-0.39, 0.29) is 23.0 Å². The molecule has 0 saturated carbocycles. The molecule has 5 rings (SSSR count). The van der Waals surface area contributed by atoms with Gasteiger partial charge in [-0.2, -0.15) is 0 Å². The average Bonchev–Trinajstić information content (AvgIpc) is 3.23. The Morgan fingerprint density at radius 3 is 2.50 bits per heavy atom. The molecule has 0 spiro atoms. The zero-order valence-corrected chi connectivity index (χ0v) is 19.4. The summed E-state index contributed by atoms with van der Waals surface area (Å²) in [5, 5.41) is 10.9. The molecule has 1 aliphatic rings. The Morgan fingerprint density at radius 1 is 0.941 bits per heavy atom. The highest BCUT2D eigenvalue weighted by atomic mass is 32.2. The van der Waals surface area contributed by atoms with Crippen LogP contribution in [0.2, 0.25) is 0 Å². The van der Waals surface area contributed by atoms with Crippen LogP contribution in [-0.4, -0.2) is 62.5 Å². The lowest BCUT2D eigenvalue weighted by molar-refractivity contribution is -0.130. The van der Waals surface area contributed by atoms with Crippen LogP contribution in [0.25, 0.3) is 22.2 Å². The summed E-state index contributed by atoms with van der Waals surface area (Å²) in [7, 11) is 0. The highest BCUT2D eigenvalue weighted by molar-refractivity contribution is 7.99. The van der Waals surface area contributed by atoms with Crippen molar-refractivity contribution in [2.75, 3.05) is 37.8 Å². The Kier molecular flexibility index (Phi) is 6.46. The van der Waals surface area contributed by atoms with Crippen LogP contribution in [0.1, 0.15) is 5.56 Å². The van der Waals surface area contributed by atoms with E-state index in [1.807, 2.05) is 4.90 Å². The number of halogens is 1. The van der Waals surface area contributed by atoms with Crippen LogP contribution in [0.15, 0.2) is 71.9 Å². The fourth-order valence-electron chi connectivity index (χ4n) is 4.25. The Bertz CT molecular complexity index is 1310. The predicted molar refractivity (Wildman–Crippen MR) is 132 cm³/mol. The summed E-state index contributed by atoms with van der Waals surface area (Å²) in [5.74, 6) is 6.12. The van der Waals surface area contributed by atoms with Crippen molar-refractivity contribution in [3.05, 3.63) is 78.1 Å². The maximum atomic E-state index is 14.1. The third kappa shape index (κ3) is 4.62. The number of benzene rings is 3. The molecule has 174 valence electrons. The van der Waals surface area contributed by atoms with Gasteiger partial charge >= 0.3 is 0 Å². The molecule has 3 aromatic carbocycles. The second-order valence-corrected chi connectivity index (χ2v) is 9.18. The van der Waals surface area contributed by atoms with Gasteiger partial charge in [-0.05, 0) is 28.5 Å². The first-order chi connectivity index (χ1) is 16.6. The largest absolute Gasteiger partial charge is 0.339 e. The van der Waals surface area contributed by atoms with Crippen molar-refractivity contribution in [1.82, 2.24) is 24.7 Å². The first-order valence-corrected chi connectivity index (χ1v) is 12.1. The van der Waals surface area contributed by atoms with E-state index in [1.54, 1.807) is 18.2 Å². The van der Waals surface area contributed by atoms with Gasteiger partial charge in [-0.25, -0.2) is 9.07 Å². The number of amides is 1. The summed E-state index contributed by atoms with van der Waals surface area (Å²) in [4.78, 5) is 17.0. The smallest absolute Gasteiger partial charge is 0.233 e. The van der Waals surface area contributed by atoms with Gasteiger partial charge in [-0.3, -0.25) is 9.69 Å². The number of thioether (sulfide) groups is 1. The van der Waals surface area contributed by atoms with Gasteiger partial charge in [0.15, 0.2) is 5.82 Å². The maximum Gasteiger partial charge on any atom is 0.233 e. The minimum atomic E-state index is -0.421. The van der Waals surface area contributed by atoms with Crippen molar-refractivity contribution in [2.24, 2.45) is 0 Å². The summed E-state index contributed by atoms with van der Waals surface area (Å²) in [5.41, 5.74) is 1.58. The Balaban J connectivity index is 1.15. The number of carbonyl (C=O) groups excluding carboxylic acids is 1. The number of nitrogens with two attached hydrogens (primary N) is 1. The molecule has 1 amide bonds. The van der Waals surface area contributed by atoms with E-state index in [9.17, 15) is 9.18 Å². The van der Waals surface area contributed by atoms with Gasteiger partial charge in [0.25, 0.3) is 0 Å². The van der Waals surface area contributed by atoms with Crippen molar-refractivity contribution in [1.29, 1.82) is 0 Å². The van der Waals surface area contributed by atoms with Gasteiger partial charge < -0.3 is 10.7 Å². The zero-order valence-electron chi connectivity index (χ0n) is 18.6. The molecule has 2 heterocycles. The highest BCUT2D eigenvalue weighted by Crippen LogP contribution is 2.24.